The number of piperidine rings is 3. The number of para-hydroxylation sites is 1. The average Bonchev–Trinajstić information content (AvgIpc) is 3.51. The molecule has 0 saturated carbocycles. The Kier molecular flexibility index (Phi) is 9.38. The molecule has 7 rings (SSSR count). The van der Waals surface area contributed by atoms with E-state index < -0.39 is 11.8 Å². The van der Waals surface area contributed by atoms with Crippen LogP contribution >= 0.6 is 11.6 Å². The third-order valence-corrected chi connectivity index (χ3v) is 11.4. The molecule has 2 aromatic carbocycles. The number of carbonyl (C=O) groups is 3. The van der Waals surface area contributed by atoms with Crippen molar-refractivity contribution < 1.29 is 19.1 Å². The first-order chi connectivity index (χ1) is 22.9. The quantitative estimate of drug-likeness (QED) is 0.290. The van der Waals surface area contributed by atoms with E-state index in [1.807, 2.05) is 29.2 Å². The maximum atomic E-state index is 14.1. The molecule has 0 spiro atoms. The van der Waals surface area contributed by atoms with Crippen molar-refractivity contribution in [1.82, 2.24) is 30.2 Å². The van der Waals surface area contributed by atoms with Crippen LogP contribution in [-0.4, -0.2) is 94.3 Å². The minimum atomic E-state index is -0.896. The van der Waals surface area contributed by atoms with E-state index >= 15 is 0 Å². The van der Waals surface area contributed by atoms with Crippen LogP contribution in [0.5, 0.6) is 0 Å². The molecule has 0 radical (unpaired) electrons. The van der Waals surface area contributed by atoms with Crippen molar-refractivity contribution in [2.45, 2.75) is 69.7 Å². The number of ether oxygens (including phenoxy) is 1. The van der Waals surface area contributed by atoms with Crippen molar-refractivity contribution >= 4 is 46.6 Å². The van der Waals surface area contributed by atoms with Gasteiger partial charge in [0, 0.05) is 56.1 Å². The van der Waals surface area contributed by atoms with Gasteiger partial charge >= 0.3 is 12.1 Å². The monoisotopic (exact) mass is 661 g/mol. The van der Waals surface area contributed by atoms with E-state index in [1.165, 1.54) is 12.8 Å². The minimum absolute atomic E-state index is 0.0430. The Morgan fingerprint density at radius 1 is 1.04 bits per heavy atom. The summed E-state index contributed by atoms with van der Waals surface area (Å²) in [6.07, 6.45) is 8.60. The molecular weight excluding hydrogens is 618 g/mol. The lowest BCUT2D eigenvalue weighted by molar-refractivity contribution is -0.128. The van der Waals surface area contributed by atoms with Crippen LogP contribution in [0, 0.1) is 11.8 Å². The molecule has 4 aliphatic heterocycles. The van der Waals surface area contributed by atoms with E-state index in [9.17, 15) is 14.4 Å². The van der Waals surface area contributed by atoms with Crippen molar-refractivity contribution in [3.05, 3.63) is 58.7 Å². The fourth-order valence-corrected chi connectivity index (χ4v) is 8.87. The summed E-state index contributed by atoms with van der Waals surface area (Å²) < 4.78 is 5.98. The summed E-state index contributed by atoms with van der Waals surface area (Å²) in [5.41, 5.74) is 2.55. The minimum Gasteiger partial charge on any atom is -0.444 e. The number of hydrogen-bond acceptors (Lipinski definition) is 7. The van der Waals surface area contributed by atoms with Crippen LogP contribution in [0.1, 0.15) is 56.1 Å². The van der Waals surface area contributed by atoms with Gasteiger partial charge in [0.1, 0.15) is 18.6 Å². The second-order valence-electron chi connectivity index (χ2n) is 13.6. The van der Waals surface area contributed by atoms with E-state index in [2.05, 4.69) is 31.8 Å². The molecule has 4 aliphatic rings. The Bertz CT molecular complexity index is 1600. The number of rotatable bonds is 7. The van der Waals surface area contributed by atoms with Crippen LogP contribution in [0.2, 0.25) is 5.02 Å². The molecule has 3 fully saturated rings. The average molecular weight is 662 g/mol. The van der Waals surface area contributed by atoms with Crippen LogP contribution in [0.15, 0.2) is 42.6 Å². The molecule has 2 atom stereocenters. The van der Waals surface area contributed by atoms with Crippen molar-refractivity contribution in [2.75, 3.05) is 44.6 Å². The third kappa shape index (κ3) is 6.45. The van der Waals surface area contributed by atoms with E-state index in [4.69, 9.17) is 16.3 Å². The van der Waals surface area contributed by atoms with Gasteiger partial charge in [-0.3, -0.25) is 14.9 Å². The summed E-state index contributed by atoms with van der Waals surface area (Å²) >= 11 is 6.46. The Hall–Kier alpha value is -3.67. The summed E-state index contributed by atoms with van der Waals surface area (Å²) in [5.74, 6) is 1.35. The van der Waals surface area contributed by atoms with Gasteiger partial charge in [-0.05, 0) is 92.8 Å². The maximum Gasteiger partial charge on any atom is 0.411 e. The van der Waals surface area contributed by atoms with Gasteiger partial charge in [0.15, 0.2) is 0 Å². The number of aldehydes is 1. The summed E-state index contributed by atoms with van der Waals surface area (Å²) in [5, 5.41) is 14.9. The summed E-state index contributed by atoms with van der Waals surface area (Å²) in [4.78, 5) is 46.3. The van der Waals surface area contributed by atoms with Gasteiger partial charge in [0.05, 0.1) is 16.7 Å². The fraction of sp³-hybridized carbons (Fsp3) is 0.543. The highest BCUT2D eigenvalue weighted by molar-refractivity contribution is 6.35. The van der Waals surface area contributed by atoms with Gasteiger partial charge in [-0.2, -0.15) is 5.10 Å². The number of fused-ring (bicyclic) bond motifs is 2. The molecule has 47 heavy (non-hydrogen) atoms. The number of urea groups is 1. The molecular formula is C35H44ClN7O4. The molecule has 250 valence electrons. The molecule has 3 aromatic rings. The van der Waals surface area contributed by atoms with E-state index in [-0.39, 0.29) is 25.1 Å². The molecule has 3 saturated heterocycles. The first kappa shape index (κ1) is 31.9. The zero-order chi connectivity index (χ0) is 32.4. The number of benzene rings is 2. The van der Waals surface area contributed by atoms with Crippen LogP contribution < -0.4 is 10.6 Å². The Labute approximate surface area is 280 Å². The molecule has 3 amide bonds. The predicted octanol–water partition coefficient (Wildman–Crippen LogP) is 5.40. The van der Waals surface area contributed by atoms with Gasteiger partial charge in [0.2, 0.25) is 0 Å². The summed E-state index contributed by atoms with van der Waals surface area (Å²) in [7, 11) is 0. The molecule has 0 aliphatic carbocycles. The molecule has 3 N–H and O–H groups in total. The van der Waals surface area contributed by atoms with Crippen LogP contribution in [-0.2, 0) is 22.6 Å². The Balaban J connectivity index is 1.13. The number of hydrogen-bond donors (Lipinski definition) is 3. The molecule has 12 heteroatoms. The summed E-state index contributed by atoms with van der Waals surface area (Å²) in [6, 6.07) is 11.3. The van der Waals surface area contributed by atoms with Gasteiger partial charge in [0.25, 0.3) is 0 Å². The Morgan fingerprint density at radius 3 is 2.64 bits per heavy atom. The molecule has 0 unspecified atom stereocenters. The lowest BCUT2D eigenvalue weighted by Crippen LogP contribution is -2.69. The van der Waals surface area contributed by atoms with Crippen molar-refractivity contribution in [3.63, 3.8) is 0 Å². The smallest absolute Gasteiger partial charge is 0.411 e. The number of amides is 3. The Morgan fingerprint density at radius 2 is 1.83 bits per heavy atom. The zero-order valence-corrected chi connectivity index (χ0v) is 27.5. The molecule has 5 heterocycles. The standard InChI is InChI=1S/C35H44ClN7O4/c36-30-20-24(19-28-22-38-40-32(28)30)23-47-34(46)43-17-10-29(42-16-9-27-3-1-2-4-31(27)39-33(42)45)21-35(43,11-18-44)41-14-7-26(8-15-41)25-5-12-37-13-6-25/h1-4,18-20,22,25-26,29,37H,5-17,21,23H2,(H,38,40)(H,39,45)/t29-,35+/m1/s1. The van der Waals surface area contributed by atoms with Crippen molar-refractivity contribution in [1.29, 1.82) is 0 Å². The van der Waals surface area contributed by atoms with E-state index in [1.54, 1.807) is 17.2 Å². The van der Waals surface area contributed by atoms with Crippen LogP contribution in [0.4, 0.5) is 15.3 Å². The number of anilines is 1. The third-order valence-electron chi connectivity index (χ3n) is 11.1. The molecule has 11 nitrogen and oxygen atoms in total. The van der Waals surface area contributed by atoms with Crippen molar-refractivity contribution in [2.24, 2.45) is 11.8 Å². The van der Waals surface area contributed by atoms with Crippen LogP contribution in [0.25, 0.3) is 10.9 Å². The second-order valence-corrected chi connectivity index (χ2v) is 14.0. The van der Waals surface area contributed by atoms with Gasteiger partial charge in [-0.15, -0.1) is 0 Å². The zero-order valence-electron chi connectivity index (χ0n) is 26.8. The summed E-state index contributed by atoms with van der Waals surface area (Å²) in [6.45, 7) is 4.73. The number of likely N-dealkylation sites (tertiary alicyclic amines) is 2. The highest BCUT2D eigenvalue weighted by atomic mass is 35.5. The maximum absolute atomic E-state index is 14.1. The largest absolute Gasteiger partial charge is 0.444 e. The number of aromatic nitrogens is 2. The molecule has 1 aromatic heterocycles. The number of halogens is 1. The number of nitrogens with one attached hydrogen (secondary N) is 3. The first-order valence-corrected chi connectivity index (χ1v) is 17.4. The first-order valence-electron chi connectivity index (χ1n) is 17.1. The van der Waals surface area contributed by atoms with Gasteiger partial charge < -0.3 is 25.1 Å². The normalized spacial score (nSPS) is 24.9. The van der Waals surface area contributed by atoms with Gasteiger partial charge in [-0.1, -0.05) is 29.8 Å². The highest BCUT2D eigenvalue weighted by Crippen LogP contribution is 2.41. The predicted molar refractivity (Wildman–Crippen MR) is 180 cm³/mol. The number of H-pyrrole nitrogens is 1. The van der Waals surface area contributed by atoms with Crippen LogP contribution in [0.3, 0.4) is 0 Å². The number of carbonyl (C=O) groups excluding carboxylic acids is 3. The van der Waals surface area contributed by atoms with E-state index in [0.717, 1.165) is 79.4 Å². The second kappa shape index (κ2) is 13.8. The molecule has 0 bridgehead atoms. The number of nitrogens with zero attached hydrogens (tertiary/aromatic N) is 4. The van der Waals surface area contributed by atoms with Crippen molar-refractivity contribution in [3.8, 4) is 0 Å². The lowest BCUT2D eigenvalue weighted by atomic mass is 9.77. The SMILES string of the molecule is O=CC[C@@]1(N2CCC(C3CCNCC3)CC2)C[C@H](N2CCc3ccccc3NC2=O)CCN1C(=O)OCc1cc(Cl)c2[nH]ncc2c1. The van der Waals surface area contributed by atoms with Gasteiger partial charge in [-0.25, -0.2) is 9.59 Å². The highest BCUT2D eigenvalue weighted by Gasteiger charge is 2.52. The fourth-order valence-electron chi connectivity index (χ4n) is 8.58. The number of aromatic amines is 1. The van der Waals surface area contributed by atoms with E-state index in [0.29, 0.717) is 42.8 Å². The topological polar surface area (TPSA) is 123 Å². The lowest BCUT2D eigenvalue weighted by Gasteiger charge is -2.56.